The van der Waals surface area contributed by atoms with Crippen molar-refractivity contribution in [3.05, 3.63) is 94.5 Å². The van der Waals surface area contributed by atoms with E-state index in [0.29, 0.717) is 0 Å². The molecule has 1 nitrogen and oxygen atoms in total. The second-order valence-corrected chi connectivity index (χ2v) is 6.45. The summed E-state index contributed by atoms with van der Waals surface area (Å²) in [5.74, 6) is 0. The van der Waals surface area contributed by atoms with E-state index >= 15 is 0 Å². The minimum Gasteiger partial charge on any atom is -0.341 e. The number of hydrogen-bond donors (Lipinski definition) is 0. The van der Waals surface area contributed by atoms with Crippen LogP contribution >= 0.6 is 11.6 Å². The van der Waals surface area contributed by atoms with Crippen molar-refractivity contribution in [3.8, 4) is 0 Å². The average Bonchev–Trinajstić information content (AvgIpc) is 3.05. The van der Waals surface area contributed by atoms with Crippen LogP contribution in [0.4, 0.5) is 11.4 Å². The van der Waals surface area contributed by atoms with Crippen LogP contribution in [0.25, 0.3) is 12.2 Å². The first-order valence-corrected chi connectivity index (χ1v) is 8.56. The van der Waals surface area contributed by atoms with Crippen molar-refractivity contribution in [2.75, 3.05) is 11.4 Å². The highest BCUT2D eigenvalue weighted by Gasteiger charge is 2.20. The van der Waals surface area contributed by atoms with Crippen LogP contribution in [-0.2, 0) is 6.42 Å². The van der Waals surface area contributed by atoms with E-state index in [1.54, 1.807) is 0 Å². The zero-order valence-electron chi connectivity index (χ0n) is 13.3. The second-order valence-electron chi connectivity index (χ2n) is 6.01. The first-order chi connectivity index (χ1) is 11.8. The quantitative estimate of drug-likeness (QED) is 0.516. The molecule has 0 atom stereocenters. The van der Waals surface area contributed by atoms with Gasteiger partial charge in [-0.1, -0.05) is 60.2 Å². The van der Waals surface area contributed by atoms with Crippen LogP contribution in [-0.4, -0.2) is 6.54 Å². The Morgan fingerprint density at radius 2 is 1.54 bits per heavy atom. The maximum atomic E-state index is 6.00. The highest BCUT2D eigenvalue weighted by Crippen LogP contribution is 2.35. The fraction of sp³-hybridized carbons (Fsp3) is 0.0909. The first-order valence-electron chi connectivity index (χ1n) is 8.19. The fourth-order valence-electron chi connectivity index (χ4n) is 3.17. The van der Waals surface area contributed by atoms with Crippen molar-refractivity contribution in [1.82, 2.24) is 0 Å². The Hall–Kier alpha value is -2.51. The molecule has 2 heteroatoms. The molecule has 3 aromatic carbocycles. The van der Waals surface area contributed by atoms with Crippen molar-refractivity contribution < 1.29 is 0 Å². The van der Waals surface area contributed by atoms with Crippen molar-refractivity contribution in [1.29, 1.82) is 0 Å². The van der Waals surface area contributed by atoms with Crippen LogP contribution < -0.4 is 4.90 Å². The molecule has 1 aliphatic heterocycles. The predicted octanol–water partition coefficient (Wildman–Crippen LogP) is 6.20. The largest absolute Gasteiger partial charge is 0.341 e. The fourth-order valence-corrected chi connectivity index (χ4v) is 3.30. The van der Waals surface area contributed by atoms with Gasteiger partial charge < -0.3 is 4.90 Å². The SMILES string of the molecule is Clc1ccc(N2CCc3cc(/C=C/c4ccccc4)ccc32)cc1. The van der Waals surface area contributed by atoms with E-state index in [4.69, 9.17) is 11.6 Å². The number of benzene rings is 3. The van der Waals surface area contributed by atoms with Crippen LogP contribution in [0.1, 0.15) is 16.7 Å². The third kappa shape index (κ3) is 3.08. The van der Waals surface area contributed by atoms with Crippen LogP contribution in [0.3, 0.4) is 0 Å². The second kappa shape index (κ2) is 6.54. The summed E-state index contributed by atoms with van der Waals surface area (Å²) in [6.07, 6.45) is 5.42. The molecule has 0 aromatic heterocycles. The lowest BCUT2D eigenvalue weighted by Gasteiger charge is -2.19. The Morgan fingerprint density at radius 1 is 0.792 bits per heavy atom. The monoisotopic (exact) mass is 331 g/mol. The van der Waals surface area contributed by atoms with Gasteiger partial charge in [0.2, 0.25) is 0 Å². The van der Waals surface area contributed by atoms with E-state index in [2.05, 4.69) is 71.6 Å². The van der Waals surface area contributed by atoms with Crippen LogP contribution in [0, 0.1) is 0 Å². The average molecular weight is 332 g/mol. The molecule has 0 aliphatic carbocycles. The number of rotatable bonds is 3. The highest BCUT2D eigenvalue weighted by molar-refractivity contribution is 6.30. The zero-order chi connectivity index (χ0) is 16.4. The first kappa shape index (κ1) is 15.0. The third-order valence-electron chi connectivity index (χ3n) is 4.41. The summed E-state index contributed by atoms with van der Waals surface area (Å²) in [6.45, 7) is 1.02. The Labute approximate surface area is 147 Å². The molecule has 0 fully saturated rings. The zero-order valence-corrected chi connectivity index (χ0v) is 14.1. The normalized spacial score (nSPS) is 13.5. The molecule has 1 aliphatic rings. The van der Waals surface area contributed by atoms with Crippen molar-refractivity contribution in [3.63, 3.8) is 0 Å². The van der Waals surface area contributed by atoms with Crippen molar-refractivity contribution >= 4 is 35.1 Å². The molecule has 0 amide bonds. The summed E-state index contributed by atoms with van der Waals surface area (Å²) in [4.78, 5) is 2.36. The molecule has 118 valence electrons. The Bertz CT molecular complexity index is 866. The van der Waals surface area contributed by atoms with Gasteiger partial charge in [-0.25, -0.2) is 0 Å². The van der Waals surface area contributed by atoms with Crippen molar-refractivity contribution in [2.24, 2.45) is 0 Å². The lowest BCUT2D eigenvalue weighted by Crippen LogP contribution is -2.12. The van der Waals surface area contributed by atoms with E-state index in [-0.39, 0.29) is 0 Å². The number of nitrogens with zero attached hydrogens (tertiary/aromatic N) is 1. The van der Waals surface area contributed by atoms with Gasteiger partial charge >= 0.3 is 0 Å². The van der Waals surface area contributed by atoms with Gasteiger partial charge in [0, 0.05) is 22.9 Å². The number of halogens is 1. The molecule has 0 N–H and O–H groups in total. The summed E-state index contributed by atoms with van der Waals surface area (Å²) in [5.41, 5.74) is 6.37. The third-order valence-corrected chi connectivity index (χ3v) is 4.66. The van der Waals surface area contributed by atoms with Gasteiger partial charge in [-0.05, 0) is 59.5 Å². The van der Waals surface area contributed by atoms with Crippen LogP contribution in [0.15, 0.2) is 72.8 Å². The van der Waals surface area contributed by atoms with E-state index in [0.717, 1.165) is 18.0 Å². The molecule has 3 aromatic rings. The molecule has 0 saturated heterocycles. The highest BCUT2D eigenvalue weighted by atomic mass is 35.5. The molecular weight excluding hydrogens is 314 g/mol. The van der Waals surface area contributed by atoms with Gasteiger partial charge in [0.15, 0.2) is 0 Å². The predicted molar refractivity (Wildman–Crippen MR) is 104 cm³/mol. The standard InChI is InChI=1S/C22H18ClN/c23-20-9-11-21(12-10-20)24-15-14-19-16-18(8-13-22(19)24)7-6-17-4-2-1-3-5-17/h1-13,16H,14-15H2/b7-6+. The number of fused-ring (bicyclic) bond motifs is 1. The molecule has 0 saturated carbocycles. The molecule has 4 rings (SSSR count). The number of hydrogen-bond acceptors (Lipinski definition) is 1. The van der Waals surface area contributed by atoms with Gasteiger partial charge in [-0.2, -0.15) is 0 Å². The van der Waals surface area contributed by atoms with Gasteiger partial charge in [0.25, 0.3) is 0 Å². The Morgan fingerprint density at radius 3 is 2.33 bits per heavy atom. The minimum atomic E-state index is 0.777. The van der Waals surface area contributed by atoms with Gasteiger partial charge in [0.05, 0.1) is 0 Å². The molecule has 24 heavy (non-hydrogen) atoms. The minimum absolute atomic E-state index is 0.777. The van der Waals surface area contributed by atoms with E-state index in [9.17, 15) is 0 Å². The van der Waals surface area contributed by atoms with E-state index in [1.807, 2.05) is 18.2 Å². The maximum Gasteiger partial charge on any atom is 0.0444 e. The summed E-state index contributed by atoms with van der Waals surface area (Å²) in [6, 6.07) is 25.2. The Kier molecular flexibility index (Phi) is 4.10. The van der Waals surface area contributed by atoms with Crippen LogP contribution in [0.2, 0.25) is 5.02 Å². The van der Waals surface area contributed by atoms with Gasteiger partial charge in [-0.3, -0.25) is 0 Å². The van der Waals surface area contributed by atoms with E-state index in [1.165, 1.54) is 28.1 Å². The van der Waals surface area contributed by atoms with Crippen LogP contribution in [0.5, 0.6) is 0 Å². The van der Waals surface area contributed by atoms with Crippen molar-refractivity contribution in [2.45, 2.75) is 6.42 Å². The topological polar surface area (TPSA) is 3.24 Å². The van der Waals surface area contributed by atoms with Gasteiger partial charge in [0.1, 0.15) is 0 Å². The molecule has 0 radical (unpaired) electrons. The Balaban J connectivity index is 1.58. The summed E-state index contributed by atoms with van der Waals surface area (Å²) < 4.78 is 0. The molecular formula is C22H18ClN. The smallest absolute Gasteiger partial charge is 0.0444 e. The lowest BCUT2D eigenvalue weighted by atomic mass is 10.1. The summed E-state index contributed by atoms with van der Waals surface area (Å²) in [5, 5.41) is 0.777. The molecule has 0 bridgehead atoms. The van der Waals surface area contributed by atoms with Gasteiger partial charge in [-0.15, -0.1) is 0 Å². The number of anilines is 2. The lowest BCUT2D eigenvalue weighted by molar-refractivity contribution is 0.998. The maximum absolute atomic E-state index is 6.00. The van der Waals surface area contributed by atoms with E-state index < -0.39 is 0 Å². The summed E-state index contributed by atoms with van der Waals surface area (Å²) >= 11 is 6.00. The molecule has 0 unspecified atom stereocenters. The summed E-state index contributed by atoms with van der Waals surface area (Å²) in [7, 11) is 0. The molecule has 0 spiro atoms. The molecule has 1 heterocycles.